The van der Waals surface area contributed by atoms with Gasteiger partial charge in [0.05, 0.1) is 7.11 Å². The Labute approximate surface area is 175 Å². The van der Waals surface area contributed by atoms with Gasteiger partial charge in [-0.15, -0.1) is 0 Å². The summed E-state index contributed by atoms with van der Waals surface area (Å²) in [5, 5.41) is 11.9. The molecule has 3 heteroatoms. The summed E-state index contributed by atoms with van der Waals surface area (Å²) in [6.07, 6.45) is 6.12. The van der Waals surface area contributed by atoms with Gasteiger partial charge < -0.3 is 14.7 Å². The predicted molar refractivity (Wildman–Crippen MR) is 120 cm³/mol. The zero-order chi connectivity index (χ0) is 20.7. The largest absolute Gasteiger partial charge is 0.497 e. The quantitative estimate of drug-likeness (QED) is 0.612. The van der Waals surface area contributed by atoms with E-state index in [1.165, 1.54) is 0 Å². The Balaban J connectivity index is 2.04. The van der Waals surface area contributed by atoms with Crippen molar-refractivity contribution < 1.29 is 9.84 Å². The molecule has 1 aliphatic carbocycles. The zero-order valence-corrected chi connectivity index (χ0v) is 17.7. The van der Waals surface area contributed by atoms with Crippen molar-refractivity contribution in [3.8, 4) is 17.6 Å². The molecule has 0 spiro atoms. The zero-order valence-electron chi connectivity index (χ0n) is 17.7. The fraction of sp³-hybridized carbons (Fsp3) is 0.385. The van der Waals surface area contributed by atoms with Gasteiger partial charge in [-0.1, -0.05) is 54.7 Å². The van der Waals surface area contributed by atoms with E-state index >= 15 is 0 Å². The maximum atomic E-state index is 11.9. The van der Waals surface area contributed by atoms with Gasteiger partial charge in [0.25, 0.3) is 0 Å². The predicted octanol–water partition coefficient (Wildman–Crippen LogP) is 4.61. The lowest BCUT2D eigenvalue weighted by atomic mass is 9.79. The molecule has 3 rings (SSSR count). The molecule has 29 heavy (non-hydrogen) atoms. The Hall–Kier alpha value is -2.54. The minimum absolute atomic E-state index is 0.0701. The summed E-state index contributed by atoms with van der Waals surface area (Å²) in [7, 11) is 5.79. The molecule has 1 fully saturated rings. The van der Waals surface area contributed by atoms with Gasteiger partial charge in [-0.3, -0.25) is 0 Å². The van der Waals surface area contributed by atoms with E-state index in [0.717, 1.165) is 54.7 Å². The molecule has 0 aromatic heterocycles. The standard InChI is InChI=1S/C26H31NO2/c1-27(2)20-24-12-8-7-11-23(19-22-13-15-25(29-3)16-14-22)26(24,28)18-17-21-9-5-4-6-10-21/h4-6,9-10,13-16,19,24,28H,7-8,11-12,20H2,1-3H3. The Morgan fingerprint density at radius 3 is 2.48 bits per heavy atom. The molecular weight excluding hydrogens is 358 g/mol. The van der Waals surface area contributed by atoms with Crippen molar-refractivity contribution in [3.63, 3.8) is 0 Å². The van der Waals surface area contributed by atoms with Crippen LogP contribution in [0.4, 0.5) is 0 Å². The second-order valence-electron chi connectivity index (χ2n) is 8.03. The first-order valence-electron chi connectivity index (χ1n) is 10.3. The number of aliphatic hydroxyl groups is 1. The molecule has 0 aliphatic heterocycles. The van der Waals surface area contributed by atoms with Gasteiger partial charge in [0, 0.05) is 18.0 Å². The van der Waals surface area contributed by atoms with E-state index in [-0.39, 0.29) is 5.92 Å². The molecule has 0 radical (unpaired) electrons. The first kappa shape index (κ1) is 21.2. The number of rotatable bonds is 4. The summed E-state index contributed by atoms with van der Waals surface area (Å²) in [6, 6.07) is 17.9. The van der Waals surface area contributed by atoms with Gasteiger partial charge >= 0.3 is 0 Å². The normalized spacial score (nSPS) is 23.3. The van der Waals surface area contributed by atoms with Crippen molar-refractivity contribution in [1.29, 1.82) is 0 Å². The minimum atomic E-state index is -1.14. The molecule has 3 nitrogen and oxygen atoms in total. The number of methoxy groups -OCH3 is 1. The summed E-state index contributed by atoms with van der Waals surface area (Å²) in [6.45, 7) is 0.805. The maximum absolute atomic E-state index is 11.9. The second-order valence-corrected chi connectivity index (χ2v) is 8.03. The lowest BCUT2D eigenvalue weighted by molar-refractivity contribution is 0.0569. The van der Waals surface area contributed by atoms with E-state index < -0.39 is 5.60 Å². The molecule has 1 aliphatic rings. The molecule has 0 amide bonds. The van der Waals surface area contributed by atoms with E-state index in [4.69, 9.17) is 4.74 Å². The highest BCUT2D eigenvalue weighted by Crippen LogP contribution is 2.38. The highest BCUT2D eigenvalue weighted by Gasteiger charge is 2.40. The third kappa shape index (κ3) is 5.50. The summed E-state index contributed by atoms with van der Waals surface area (Å²) < 4.78 is 5.27. The van der Waals surface area contributed by atoms with Crippen molar-refractivity contribution in [3.05, 3.63) is 71.3 Å². The molecular formula is C26H31NO2. The fourth-order valence-corrected chi connectivity index (χ4v) is 3.99. The Kier molecular flexibility index (Phi) is 7.14. The summed E-state index contributed by atoms with van der Waals surface area (Å²) in [5.41, 5.74) is 1.86. The number of hydrogen-bond acceptors (Lipinski definition) is 3. The van der Waals surface area contributed by atoms with Crippen LogP contribution in [0.1, 0.15) is 36.8 Å². The van der Waals surface area contributed by atoms with E-state index in [1.54, 1.807) is 7.11 Å². The molecule has 2 aromatic rings. The molecule has 1 saturated carbocycles. The number of ether oxygens (including phenoxy) is 1. The molecule has 0 heterocycles. The molecule has 1 N–H and O–H groups in total. The summed E-state index contributed by atoms with van der Waals surface area (Å²) >= 11 is 0. The Morgan fingerprint density at radius 1 is 1.10 bits per heavy atom. The number of benzene rings is 2. The van der Waals surface area contributed by atoms with Gasteiger partial charge in [0.1, 0.15) is 5.75 Å². The maximum Gasteiger partial charge on any atom is 0.151 e. The van der Waals surface area contributed by atoms with Crippen LogP contribution in [-0.2, 0) is 0 Å². The lowest BCUT2D eigenvalue weighted by Gasteiger charge is -2.34. The van der Waals surface area contributed by atoms with Crippen molar-refractivity contribution in [2.24, 2.45) is 5.92 Å². The van der Waals surface area contributed by atoms with Crippen LogP contribution in [0.2, 0.25) is 0 Å². The van der Waals surface area contributed by atoms with Crippen LogP contribution in [0.15, 0.2) is 60.2 Å². The third-order valence-corrected chi connectivity index (χ3v) is 5.54. The minimum Gasteiger partial charge on any atom is -0.497 e. The third-order valence-electron chi connectivity index (χ3n) is 5.54. The van der Waals surface area contributed by atoms with E-state index in [0.29, 0.717) is 0 Å². The highest BCUT2D eigenvalue weighted by atomic mass is 16.5. The first-order valence-corrected chi connectivity index (χ1v) is 10.3. The SMILES string of the molecule is COc1ccc(C=C2CCCCC(CN(C)C)C2(O)C#Cc2ccccc2)cc1. The van der Waals surface area contributed by atoms with Crippen molar-refractivity contribution in [2.45, 2.75) is 31.3 Å². The van der Waals surface area contributed by atoms with Gasteiger partial charge in [-0.05, 0) is 68.8 Å². The Morgan fingerprint density at radius 2 is 1.83 bits per heavy atom. The molecule has 2 unspecified atom stereocenters. The van der Waals surface area contributed by atoms with Crippen LogP contribution in [-0.4, -0.2) is 43.4 Å². The number of hydrogen-bond donors (Lipinski definition) is 1. The van der Waals surface area contributed by atoms with Crippen molar-refractivity contribution in [1.82, 2.24) is 4.90 Å². The van der Waals surface area contributed by atoms with E-state index in [9.17, 15) is 5.11 Å². The van der Waals surface area contributed by atoms with Gasteiger partial charge in [0.2, 0.25) is 0 Å². The molecule has 2 aromatic carbocycles. The second kappa shape index (κ2) is 9.78. The van der Waals surface area contributed by atoms with Crippen LogP contribution in [0.3, 0.4) is 0 Å². The average Bonchev–Trinajstić information content (AvgIpc) is 2.87. The molecule has 152 valence electrons. The van der Waals surface area contributed by atoms with Crippen molar-refractivity contribution >= 4 is 6.08 Å². The van der Waals surface area contributed by atoms with E-state index in [1.807, 2.05) is 54.6 Å². The monoisotopic (exact) mass is 389 g/mol. The smallest absolute Gasteiger partial charge is 0.151 e. The van der Waals surface area contributed by atoms with Gasteiger partial charge in [0.15, 0.2) is 5.60 Å². The van der Waals surface area contributed by atoms with Crippen LogP contribution < -0.4 is 4.74 Å². The van der Waals surface area contributed by atoms with Crippen LogP contribution in [0, 0.1) is 17.8 Å². The van der Waals surface area contributed by atoms with E-state index in [2.05, 4.69) is 36.9 Å². The van der Waals surface area contributed by atoms with Crippen molar-refractivity contribution in [2.75, 3.05) is 27.7 Å². The lowest BCUT2D eigenvalue weighted by Crippen LogP contribution is -2.43. The summed E-state index contributed by atoms with van der Waals surface area (Å²) in [5.74, 6) is 7.43. The average molecular weight is 390 g/mol. The highest BCUT2D eigenvalue weighted by molar-refractivity contribution is 5.59. The van der Waals surface area contributed by atoms with Crippen LogP contribution in [0.5, 0.6) is 5.75 Å². The Bertz CT molecular complexity index is 874. The van der Waals surface area contributed by atoms with Gasteiger partial charge in [-0.2, -0.15) is 0 Å². The topological polar surface area (TPSA) is 32.7 Å². The molecule has 0 saturated heterocycles. The van der Waals surface area contributed by atoms with Crippen LogP contribution in [0.25, 0.3) is 6.08 Å². The summed E-state index contributed by atoms with van der Waals surface area (Å²) in [4.78, 5) is 2.15. The van der Waals surface area contributed by atoms with Gasteiger partial charge in [-0.25, -0.2) is 0 Å². The fourth-order valence-electron chi connectivity index (χ4n) is 3.99. The molecule has 0 bridgehead atoms. The number of nitrogens with zero attached hydrogens (tertiary/aromatic N) is 1. The molecule has 2 atom stereocenters. The first-order chi connectivity index (χ1) is 14.0. The van der Waals surface area contributed by atoms with Crippen LogP contribution >= 0.6 is 0 Å².